The number of nitrogens with zero attached hydrogens (tertiary/aromatic N) is 2. The van der Waals surface area contributed by atoms with Gasteiger partial charge in [-0.25, -0.2) is 4.98 Å². The van der Waals surface area contributed by atoms with Crippen LogP contribution in [0.3, 0.4) is 0 Å². The van der Waals surface area contributed by atoms with Crippen molar-refractivity contribution in [1.82, 2.24) is 9.55 Å². The van der Waals surface area contributed by atoms with E-state index in [1.54, 1.807) is 0 Å². The molecule has 0 aliphatic carbocycles. The SMILES string of the molecule is CCc1nc2ccccc2n1-c1cc(Cl)c2ccccc2c1. The molecule has 108 valence electrons. The summed E-state index contributed by atoms with van der Waals surface area (Å²) >= 11 is 6.49. The van der Waals surface area contributed by atoms with Gasteiger partial charge in [-0.1, -0.05) is 54.9 Å². The molecule has 0 unspecified atom stereocenters. The lowest BCUT2D eigenvalue weighted by Gasteiger charge is -2.11. The third kappa shape index (κ3) is 1.99. The number of imidazole rings is 1. The fraction of sp³-hybridized carbons (Fsp3) is 0.105. The van der Waals surface area contributed by atoms with Crippen LogP contribution < -0.4 is 0 Å². The fourth-order valence-electron chi connectivity index (χ4n) is 2.98. The minimum atomic E-state index is 0.771. The lowest BCUT2D eigenvalue weighted by Crippen LogP contribution is -2.00. The van der Waals surface area contributed by atoms with E-state index in [0.717, 1.165) is 44.8 Å². The quantitative estimate of drug-likeness (QED) is 0.485. The molecule has 1 aromatic heterocycles. The summed E-state index contributed by atoms with van der Waals surface area (Å²) in [6, 6.07) is 20.6. The average molecular weight is 307 g/mol. The molecule has 0 N–H and O–H groups in total. The number of hydrogen-bond donors (Lipinski definition) is 0. The van der Waals surface area contributed by atoms with Gasteiger partial charge in [0.05, 0.1) is 16.1 Å². The van der Waals surface area contributed by atoms with Crippen LogP contribution in [0.4, 0.5) is 0 Å². The molecule has 4 rings (SSSR count). The van der Waals surface area contributed by atoms with Gasteiger partial charge in [-0.2, -0.15) is 0 Å². The molecule has 0 saturated carbocycles. The van der Waals surface area contributed by atoms with Gasteiger partial charge in [-0.15, -0.1) is 0 Å². The molecule has 1 heterocycles. The summed E-state index contributed by atoms with van der Waals surface area (Å²) in [6.07, 6.45) is 0.874. The highest BCUT2D eigenvalue weighted by Gasteiger charge is 2.12. The van der Waals surface area contributed by atoms with Crippen LogP contribution in [0.25, 0.3) is 27.5 Å². The molecule has 0 spiro atoms. The number of aromatic nitrogens is 2. The standard InChI is InChI=1S/C19H15ClN2/c1-2-19-21-17-9-5-6-10-18(17)22(19)14-11-13-7-3-4-8-15(13)16(20)12-14/h3-12H,2H2,1H3. The topological polar surface area (TPSA) is 17.8 Å². The van der Waals surface area contributed by atoms with E-state index < -0.39 is 0 Å². The summed E-state index contributed by atoms with van der Waals surface area (Å²) in [7, 11) is 0. The minimum absolute atomic E-state index is 0.771. The maximum Gasteiger partial charge on any atom is 0.114 e. The summed E-state index contributed by atoms with van der Waals surface area (Å²) in [5.41, 5.74) is 3.20. The Morgan fingerprint density at radius 1 is 1.00 bits per heavy atom. The number of fused-ring (bicyclic) bond motifs is 2. The molecule has 3 aromatic carbocycles. The second-order valence-electron chi connectivity index (χ2n) is 5.35. The first kappa shape index (κ1) is 13.4. The Labute approximate surface area is 134 Å². The van der Waals surface area contributed by atoms with Crippen molar-refractivity contribution >= 4 is 33.4 Å². The first-order chi connectivity index (χ1) is 10.8. The number of hydrogen-bond acceptors (Lipinski definition) is 1. The average Bonchev–Trinajstić information content (AvgIpc) is 2.93. The molecule has 3 heteroatoms. The molecule has 0 fully saturated rings. The Bertz CT molecular complexity index is 985. The molecule has 0 saturated heterocycles. The van der Waals surface area contributed by atoms with Gasteiger partial charge in [-0.3, -0.25) is 4.57 Å². The summed E-state index contributed by atoms with van der Waals surface area (Å²) in [6.45, 7) is 2.13. The third-order valence-electron chi connectivity index (χ3n) is 4.00. The smallest absolute Gasteiger partial charge is 0.114 e. The van der Waals surface area contributed by atoms with Gasteiger partial charge in [0.15, 0.2) is 0 Å². The van der Waals surface area contributed by atoms with E-state index in [1.807, 2.05) is 42.5 Å². The third-order valence-corrected chi connectivity index (χ3v) is 4.31. The molecule has 0 amide bonds. The van der Waals surface area contributed by atoms with Crippen LogP contribution in [0, 0.1) is 0 Å². The molecule has 4 aromatic rings. The van der Waals surface area contributed by atoms with Crippen LogP contribution in [-0.4, -0.2) is 9.55 Å². The Kier molecular flexibility index (Phi) is 3.12. The second-order valence-corrected chi connectivity index (χ2v) is 5.76. The maximum atomic E-state index is 6.49. The van der Waals surface area contributed by atoms with E-state index in [4.69, 9.17) is 16.6 Å². The predicted molar refractivity (Wildman–Crippen MR) is 93.0 cm³/mol. The molecule has 22 heavy (non-hydrogen) atoms. The van der Waals surface area contributed by atoms with Crippen molar-refractivity contribution < 1.29 is 0 Å². The molecule has 0 aliphatic heterocycles. The van der Waals surface area contributed by atoms with Crippen LogP contribution in [0.15, 0.2) is 60.7 Å². The zero-order valence-electron chi connectivity index (χ0n) is 12.3. The lowest BCUT2D eigenvalue weighted by atomic mass is 10.1. The van der Waals surface area contributed by atoms with Gasteiger partial charge >= 0.3 is 0 Å². The van der Waals surface area contributed by atoms with Gasteiger partial charge in [0.25, 0.3) is 0 Å². The molecule has 0 radical (unpaired) electrons. The lowest BCUT2D eigenvalue weighted by molar-refractivity contribution is 0.909. The van der Waals surface area contributed by atoms with Gasteiger partial charge in [-0.05, 0) is 29.7 Å². The number of para-hydroxylation sites is 2. The van der Waals surface area contributed by atoms with Crippen LogP contribution in [0.1, 0.15) is 12.7 Å². The highest BCUT2D eigenvalue weighted by atomic mass is 35.5. The van der Waals surface area contributed by atoms with Crippen molar-refractivity contribution in [3.63, 3.8) is 0 Å². The summed E-state index contributed by atoms with van der Waals surface area (Å²) < 4.78 is 2.20. The normalized spacial score (nSPS) is 11.4. The monoisotopic (exact) mass is 306 g/mol. The number of benzene rings is 3. The van der Waals surface area contributed by atoms with Gasteiger partial charge < -0.3 is 0 Å². The van der Waals surface area contributed by atoms with E-state index in [9.17, 15) is 0 Å². The Hall–Kier alpha value is -2.32. The zero-order valence-corrected chi connectivity index (χ0v) is 13.0. The van der Waals surface area contributed by atoms with Crippen molar-refractivity contribution in [2.45, 2.75) is 13.3 Å². The number of rotatable bonds is 2. The molecule has 0 bridgehead atoms. The van der Waals surface area contributed by atoms with Gasteiger partial charge in [0.1, 0.15) is 5.82 Å². The summed E-state index contributed by atoms with van der Waals surface area (Å²) in [4.78, 5) is 4.74. The van der Waals surface area contributed by atoms with Crippen LogP contribution in [0.5, 0.6) is 0 Å². The Morgan fingerprint density at radius 3 is 2.64 bits per heavy atom. The van der Waals surface area contributed by atoms with Crippen LogP contribution >= 0.6 is 11.6 Å². The molecular weight excluding hydrogens is 292 g/mol. The molecule has 0 aliphatic rings. The molecule has 0 atom stereocenters. The molecule has 2 nitrogen and oxygen atoms in total. The molecular formula is C19H15ClN2. The first-order valence-electron chi connectivity index (χ1n) is 7.43. The second kappa shape index (κ2) is 5.15. The van der Waals surface area contributed by atoms with Crippen molar-refractivity contribution in [2.24, 2.45) is 0 Å². The highest BCUT2D eigenvalue weighted by molar-refractivity contribution is 6.35. The number of halogens is 1. The van der Waals surface area contributed by atoms with E-state index >= 15 is 0 Å². The van der Waals surface area contributed by atoms with Crippen molar-refractivity contribution in [3.8, 4) is 5.69 Å². The Balaban J connectivity index is 2.06. The van der Waals surface area contributed by atoms with E-state index in [1.165, 1.54) is 0 Å². The van der Waals surface area contributed by atoms with E-state index in [-0.39, 0.29) is 0 Å². The van der Waals surface area contributed by atoms with Crippen molar-refractivity contribution in [2.75, 3.05) is 0 Å². The van der Waals surface area contributed by atoms with Crippen molar-refractivity contribution in [1.29, 1.82) is 0 Å². The minimum Gasteiger partial charge on any atom is -0.296 e. The largest absolute Gasteiger partial charge is 0.296 e. The van der Waals surface area contributed by atoms with Gasteiger partial charge in [0, 0.05) is 17.5 Å². The van der Waals surface area contributed by atoms with Gasteiger partial charge in [0.2, 0.25) is 0 Å². The predicted octanol–water partition coefficient (Wildman–Crippen LogP) is 5.39. The van der Waals surface area contributed by atoms with Crippen LogP contribution in [-0.2, 0) is 6.42 Å². The van der Waals surface area contributed by atoms with Crippen LogP contribution in [0.2, 0.25) is 5.02 Å². The maximum absolute atomic E-state index is 6.49. The first-order valence-corrected chi connectivity index (χ1v) is 7.81. The summed E-state index contributed by atoms with van der Waals surface area (Å²) in [5, 5.41) is 2.99. The van der Waals surface area contributed by atoms with Crippen molar-refractivity contribution in [3.05, 3.63) is 71.5 Å². The fourth-order valence-corrected chi connectivity index (χ4v) is 3.26. The van der Waals surface area contributed by atoms with E-state index in [0.29, 0.717) is 0 Å². The highest BCUT2D eigenvalue weighted by Crippen LogP contribution is 2.30. The Morgan fingerprint density at radius 2 is 1.77 bits per heavy atom. The number of aryl methyl sites for hydroxylation is 1. The summed E-state index contributed by atoms with van der Waals surface area (Å²) in [5.74, 6) is 1.05. The van der Waals surface area contributed by atoms with E-state index in [2.05, 4.69) is 29.7 Å². The zero-order chi connectivity index (χ0) is 15.1.